The van der Waals surface area contributed by atoms with Crippen molar-refractivity contribution in [3.05, 3.63) is 18.2 Å². The van der Waals surface area contributed by atoms with Crippen LogP contribution in [0.25, 0.3) is 0 Å². The van der Waals surface area contributed by atoms with Gasteiger partial charge in [0.15, 0.2) is 0 Å². The number of rotatable bonds is 0. The molecule has 0 amide bonds. The molecule has 1 heterocycles. The first-order chi connectivity index (χ1) is 3.39. The Balaban J connectivity index is 2.49. The van der Waals surface area contributed by atoms with E-state index in [0.717, 1.165) is 6.04 Å². The molecule has 7 heavy (non-hydrogen) atoms. The molecule has 0 unspecified atom stereocenters. The lowest BCUT2D eigenvalue weighted by Gasteiger charge is -2.04. The fraction of sp³-hybridized carbons (Fsp3) is 0.200. The zero-order valence-corrected chi connectivity index (χ0v) is 4.18. The Morgan fingerprint density at radius 2 is 2.57 bits per heavy atom. The first-order valence-corrected chi connectivity index (χ1v) is 2.19. The maximum atomic E-state index is 3.76. The van der Waals surface area contributed by atoms with Gasteiger partial charge in [0, 0.05) is 6.21 Å². The fourth-order valence-corrected chi connectivity index (χ4v) is 0.407. The highest BCUT2D eigenvalue weighted by Gasteiger charge is 1.93. The van der Waals surface area contributed by atoms with Crippen LogP contribution < -0.4 is 5.43 Å². The minimum atomic E-state index is 1.09. The topological polar surface area (TPSA) is 24.4 Å². The van der Waals surface area contributed by atoms with E-state index in [9.17, 15) is 0 Å². The lowest BCUT2D eigenvalue weighted by molar-refractivity contribution is 0.801. The van der Waals surface area contributed by atoms with Gasteiger partial charge in [0.2, 0.25) is 0 Å². The maximum Gasteiger partial charge on any atom is 0.0981 e. The Morgan fingerprint density at radius 3 is 2.86 bits per heavy atom. The predicted molar refractivity (Wildman–Crippen MR) is 29.7 cm³/mol. The summed E-state index contributed by atoms with van der Waals surface area (Å²) < 4.78 is 0. The van der Waals surface area contributed by atoms with E-state index in [2.05, 4.69) is 10.5 Å². The Morgan fingerprint density at radius 1 is 1.71 bits per heavy atom. The van der Waals surface area contributed by atoms with Crippen molar-refractivity contribution in [2.45, 2.75) is 6.92 Å². The molecule has 0 spiro atoms. The summed E-state index contributed by atoms with van der Waals surface area (Å²) in [7, 11) is 0. The van der Waals surface area contributed by atoms with Crippen LogP contribution >= 0.6 is 0 Å². The Labute approximate surface area is 42.9 Å². The SMILES string of the molecule is C[C]1C=CC=NN1. The molecule has 0 saturated heterocycles. The van der Waals surface area contributed by atoms with Crippen molar-refractivity contribution in [1.82, 2.24) is 5.43 Å². The first kappa shape index (κ1) is 4.37. The van der Waals surface area contributed by atoms with E-state index in [0.29, 0.717) is 0 Å². The summed E-state index contributed by atoms with van der Waals surface area (Å²) in [5.74, 6) is 0. The average molecular weight is 95.1 g/mol. The molecular weight excluding hydrogens is 88.1 g/mol. The molecule has 0 aliphatic carbocycles. The molecular formula is C5H7N2. The van der Waals surface area contributed by atoms with Crippen LogP contribution in [0.2, 0.25) is 0 Å². The standard InChI is InChI=1S/C5H7N2/c1-5-3-2-4-6-7-5/h2-4,7H,1H3. The van der Waals surface area contributed by atoms with E-state index in [4.69, 9.17) is 0 Å². The van der Waals surface area contributed by atoms with Crippen molar-refractivity contribution in [1.29, 1.82) is 0 Å². The quantitative estimate of drug-likeness (QED) is 0.470. The number of hydrogen-bond donors (Lipinski definition) is 1. The van der Waals surface area contributed by atoms with Gasteiger partial charge < -0.3 is 0 Å². The highest BCUT2D eigenvalue weighted by molar-refractivity contribution is 5.72. The molecule has 0 atom stereocenters. The number of nitrogens with one attached hydrogen (secondary N) is 1. The maximum absolute atomic E-state index is 3.76. The van der Waals surface area contributed by atoms with Crippen LogP contribution in [0.15, 0.2) is 17.3 Å². The minimum Gasteiger partial charge on any atom is -0.298 e. The van der Waals surface area contributed by atoms with Crippen LogP contribution in [-0.4, -0.2) is 6.21 Å². The van der Waals surface area contributed by atoms with E-state index in [1.54, 1.807) is 6.21 Å². The molecule has 1 radical (unpaired) electrons. The lowest BCUT2D eigenvalue weighted by atomic mass is 10.3. The molecule has 0 bridgehead atoms. The third-order valence-corrected chi connectivity index (χ3v) is 0.748. The lowest BCUT2D eigenvalue weighted by Crippen LogP contribution is -2.11. The smallest absolute Gasteiger partial charge is 0.0981 e. The molecule has 2 heteroatoms. The molecule has 2 nitrogen and oxygen atoms in total. The normalized spacial score (nSPS) is 19.6. The molecule has 1 rings (SSSR count). The van der Waals surface area contributed by atoms with Crippen LogP contribution in [0, 0.1) is 6.04 Å². The van der Waals surface area contributed by atoms with Crippen LogP contribution in [0.4, 0.5) is 0 Å². The van der Waals surface area contributed by atoms with Crippen molar-refractivity contribution < 1.29 is 0 Å². The third kappa shape index (κ3) is 1.03. The van der Waals surface area contributed by atoms with Crippen molar-refractivity contribution in [3.63, 3.8) is 0 Å². The van der Waals surface area contributed by atoms with Gasteiger partial charge in [-0.2, -0.15) is 5.10 Å². The monoisotopic (exact) mass is 95.1 g/mol. The van der Waals surface area contributed by atoms with E-state index < -0.39 is 0 Å². The Kier molecular flexibility index (Phi) is 1.11. The average Bonchev–Trinajstić information content (AvgIpc) is 1.69. The van der Waals surface area contributed by atoms with Gasteiger partial charge in [0.1, 0.15) is 0 Å². The van der Waals surface area contributed by atoms with Crippen molar-refractivity contribution in [2.24, 2.45) is 5.10 Å². The van der Waals surface area contributed by atoms with Gasteiger partial charge in [-0.3, -0.25) is 5.43 Å². The summed E-state index contributed by atoms with van der Waals surface area (Å²) in [6.07, 6.45) is 5.58. The number of hydrogen-bond acceptors (Lipinski definition) is 2. The molecule has 37 valence electrons. The number of nitrogens with zero attached hydrogens (tertiary/aromatic N) is 1. The van der Waals surface area contributed by atoms with Gasteiger partial charge >= 0.3 is 0 Å². The van der Waals surface area contributed by atoms with Gasteiger partial charge in [0.05, 0.1) is 6.04 Å². The van der Waals surface area contributed by atoms with Gasteiger partial charge in [-0.05, 0) is 13.0 Å². The van der Waals surface area contributed by atoms with Crippen LogP contribution in [0.3, 0.4) is 0 Å². The largest absolute Gasteiger partial charge is 0.298 e. The van der Waals surface area contributed by atoms with Crippen LogP contribution in [0.5, 0.6) is 0 Å². The highest BCUT2D eigenvalue weighted by Crippen LogP contribution is 1.95. The van der Waals surface area contributed by atoms with E-state index in [1.165, 1.54) is 0 Å². The number of allylic oxidation sites excluding steroid dienone is 1. The molecule has 1 aliphatic rings. The second-order valence-electron chi connectivity index (χ2n) is 1.43. The van der Waals surface area contributed by atoms with E-state index in [-0.39, 0.29) is 0 Å². The zero-order chi connectivity index (χ0) is 5.11. The van der Waals surface area contributed by atoms with Gasteiger partial charge in [-0.25, -0.2) is 0 Å². The Bertz CT molecular complexity index is 105. The zero-order valence-electron chi connectivity index (χ0n) is 4.18. The summed E-state index contributed by atoms with van der Waals surface area (Å²) >= 11 is 0. The Hall–Kier alpha value is -0.790. The van der Waals surface area contributed by atoms with Gasteiger partial charge in [0.25, 0.3) is 0 Å². The molecule has 0 saturated carbocycles. The summed E-state index contributed by atoms with van der Waals surface area (Å²) in [4.78, 5) is 0. The van der Waals surface area contributed by atoms with Crippen molar-refractivity contribution >= 4 is 6.21 Å². The molecule has 0 aromatic rings. The van der Waals surface area contributed by atoms with Crippen LogP contribution in [0.1, 0.15) is 6.92 Å². The molecule has 0 aromatic carbocycles. The summed E-state index contributed by atoms with van der Waals surface area (Å²) in [5.41, 5.74) is 2.78. The van der Waals surface area contributed by atoms with Gasteiger partial charge in [-0.1, -0.05) is 6.08 Å². The van der Waals surface area contributed by atoms with Crippen molar-refractivity contribution in [3.8, 4) is 0 Å². The van der Waals surface area contributed by atoms with Crippen LogP contribution in [-0.2, 0) is 0 Å². The first-order valence-electron chi connectivity index (χ1n) is 2.19. The predicted octanol–water partition coefficient (Wildman–Crippen LogP) is 0.683. The van der Waals surface area contributed by atoms with Crippen molar-refractivity contribution in [2.75, 3.05) is 0 Å². The second-order valence-corrected chi connectivity index (χ2v) is 1.43. The number of hydrazone groups is 1. The summed E-state index contributed by atoms with van der Waals surface area (Å²) in [6.45, 7) is 1.97. The van der Waals surface area contributed by atoms with E-state index in [1.807, 2.05) is 19.1 Å². The molecule has 0 fully saturated rings. The highest BCUT2D eigenvalue weighted by atomic mass is 15.3. The minimum absolute atomic E-state index is 1.09. The molecule has 0 aromatic heterocycles. The summed E-state index contributed by atoms with van der Waals surface area (Å²) in [6, 6.07) is 1.09. The fourth-order valence-electron chi connectivity index (χ4n) is 0.407. The summed E-state index contributed by atoms with van der Waals surface area (Å²) in [5, 5.41) is 3.76. The second kappa shape index (κ2) is 1.78. The third-order valence-electron chi connectivity index (χ3n) is 0.748. The van der Waals surface area contributed by atoms with E-state index >= 15 is 0 Å². The molecule has 1 N–H and O–H groups in total. The van der Waals surface area contributed by atoms with Gasteiger partial charge in [-0.15, -0.1) is 0 Å². The molecule has 1 aliphatic heterocycles.